The highest BCUT2D eigenvalue weighted by Crippen LogP contribution is 2.24. The normalized spacial score (nSPS) is 10.5. The van der Waals surface area contributed by atoms with E-state index in [1.165, 1.54) is 12.1 Å². The topological polar surface area (TPSA) is 88.2 Å². The SMILES string of the molecule is Nc1ccc(C(=O)Nc2cccc3ncccc23)cc1O. The van der Waals surface area contributed by atoms with Crippen LogP contribution in [0.15, 0.2) is 54.7 Å². The third-order valence-electron chi connectivity index (χ3n) is 3.19. The molecule has 2 aromatic carbocycles. The summed E-state index contributed by atoms with van der Waals surface area (Å²) in [6, 6.07) is 13.6. The van der Waals surface area contributed by atoms with E-state index in [1.807, 2.05) is 24.3 Å². The fourth-order valence-corrected chi connectivity index (χ4v) is 2.09. The molecule has 5 heteroatoms. The van der Waals surface area contributed by atoms with E-state index in [4.69, 9.17) is 5.73 Å². The van der Waals surface area contributed by atoms with E-state index in [0.29, 0.717) is 11.3 Å². The van der Waals surface area contributed by atoms with Gasteiger partial charge < -0.3 is 16.2 Å². The Morgan fingerprint density at radius 3 is 2.81 bits per heavy atom. The summed E-state index contributed by atoms with van der Waals surface area (Å²) in [6.45, 7) is 0. The molecule has 0 aliphatic rings. The van der Waals surface area contributed by atoms with Crippen LogP contribution in [0.25, 0.3) is 10.9 Å². The van der Waals surface area contributed by atoms with Gasteiger partial charge in [-0.1, -0.05) is 6.07 Å². The van der Waals surface area contributed by atoms with Gasteiger partial charge in [-0.05, 0) is 42.5 Å². The number of hydrogen-bond acceptors (Lipinski definition) is 4. The highest BCUT2D eigenvalue weighted by atomic mass is 16.3. The lowest BCUT2D eigenvalue weighted by atomic mass is 10.1. The van der Waals surface area contributed by atoms with E-state index in [-0.39, 0.29) is 17.3 Å². The number of anilines is 2. The van der Waals surface area contributed by atoms with Gasteiger partial charge in [0, 0.05) is 17.1 Å². The number of aromatic nitrogens is 1. The van der Waals surface area contributed by atoms with Gasteiger partial charge in [0.15, 0.2) is 0 Å². The minimum Gasteiger partial charge on any atom is -0.506 e. The van der Waals surface area contributed by atoms with Crippen LogP contribution in [-0.2, 0) is 0 Å². The minimum atomic E-state index is -0.318. The number of hydrogen-bond donors (Lipinski definition) is 3. The fourth-order valence-electron chi connectivity index (χ4n) is 2.09. The maximum absolute atomic E-state index is 12.2. The van der Waals surface area contributed by atoms with Crippen LogP contribution in [0.3, 0.4) is 0 Å². The Bertz CT molecular complexity index is 825. The van der Waals surface area contributed by atoms with E-state index in [9.17, 15) is 9.90 Å². The number of carbonyl (C=O) groups is 1. The number of carbonyl (C=O) groups excluding carboxylic acids is 1. The number of nitrogens with two attached hydrogens (primary N) is 1. The van der Waals surface area contributed by atoms with Crippen molar-refractivity contribution in [2.24, 2.45) is 0 Å². The maximum Gasteiger partial charge on any atom is 0.255 e. The molecule has 0 aliphatic heterocycles. The number of aromatic hydroxyl groups is 1. The molecule has 0 aliphatic carbocycles. The van der Waals surface area contributed by atoms with Crippen LogP contribution in [0, 0.1) is 0 Å². The lowest BCUT2D eigenvalue weighted by Crippen LogP contribution is -2.12. The molecule has 4 N–H and O–H groups in total. The number of nitrogens with zero attached hydrogens (tertiary/aromatic N) is 1. The number of pyridine rings is 1. The molecule has 21 heavy (non-hydrogen) atoms. The first kappa shape index (κ1) is 12.9. The monoisotopic (exact) mass is 279 g/mol. The number of rotatable bonds is 2. The van der Waals surface area contributed by atoms with Gasteiger partial charge in [0.25, 0.3) is 5.91 Å². The predicted molar refractivity (Wildman–Crippen MR) is 82.2 cm³/mol. The largest absolute Gasteiger partial charge is 0.506 e. The van der Waals surface area contributed by atoms with Crippen molar-refractivity contribution in [2.75, 3.05) is 11.1 Å². The number of benzene rings is 2. The minimum absolute atomic E-state index is 0.109. The number of nitrogens with one attached hydrogen (secondary N) is 1. The standard InChI is InChI=1S/C16H13N3O2/c17-12-7-6-10(9-15(12)20)16(21)19-14-5-1-4-13-11(14)3-2-8-18-13/h1-9,20H,17H2,(H,19,21). The average Bonchev–Trinajstić information content (AvgIpc) is 2.50. The molecule has 0 bridgehead atoms. The summed E-state index contributed by atoms with van der Waals surface area (Å²) in [4.78, 5) is 16.5. The predicted octanol–water partition coefficient (Wildman–Crippen LogP) is 2.77. The fraction of sp³-hybridized carbons (Fsp3) is 0. The van der Waals surface area contributed by atoms with Crippen molar-refractivity contribution < 1.29 is 9.90 Å². The Kier molecular flexibility index (Phi) is 3.16. The number of fused-ring (bicyclic) bond motifs is 1. The second-order valence-electron chi connectivity index (χ2n) is 4.60. The third kappa shape index (κ3) is 2.49. The summed E-state index contributed by atoms with van der Waals surface area (Å²) >= 11 is 0. The van der Waals surface area contributed by atoms with Gasteiger partial charge in [0.05, 0.1) is 16.9 Å². The van der Waals surface area contributed by atoms with E-state index in [1.54, 1.807) is 18.3 Å². The molecular weight excluding hydrogens is 266 g/mol. The second kappa shape index (κ2) is 5.13. The van der Waals surface area contributed by atoms with Gasteiger partial charge in [-0.25, -0.2) is 0 Å². The molecule has 0 atom stereocenters. The van der Waals surface area contributed by atoms with E-state index >= 15 is 0 Å². The quantitative estimate of drug-likeness (QED) is 0.497. The Balaban J connectivity index is 1.94. The van der Waals surface area contributed by atoms with E-state index in [2.05, 4.69) is 10.3 Å². The molecule has 5 nitrogen and oxygen atoms in total. The summed E-state index contributed by atoms with van der Waals surface area (Å²) in [5, 5.41) is 13.2. The second-order valence-corrected chi connectivity index (χ2v) is 4.60. The average molecular weight is 279 g/mol. The Hall–Kier alpha value is -3.08. The molecule has 3 aromatic rings. The van der Waals surface area contributed by atoms with Crippen molar-refractivity contribution in [1.29, 1.82) is 0 Å². The molecule has 0 saturated heterocycles. The zero-order valence-electron chi connectivity index (χ0n) is 11.1. The molecule has 0 fully saturated rings. The number of amides is 1. The van der Waals surface area contributed by atoms with Crippen LogP contribution in [0.5, 0.6) is 5.75 Å². The molecule has 0 saturated carbocycles. The zero-order valence-corrected chi connectivity index (χ0v) is 11.1. The molecule has 1 aromatic heterocycles. The lowest BCUT2D eigenvalue weighted by Gasteiger charge is -2.09. The van der Waals surface area contributed by atoms with Crippen molar-refractivity contribution in [2.45, 2.75) is 0 Å². The van der Waals surface area contributed by atoms with Gasteiger partial charge >= 0.3 is 0 Å². The smallest absolute Gasteiger partial charge is 0.255 e. The molecule has 104 valence electrons. The third-order valence-corrected chi connectivity index (χ3v) is 3.19. The van der Waals surface area contributed by atoms with Gasteiger partial charge in [0.1, 0.15) is 5.75 Å². The molecule has 0 unspecified atom stereocenters. The van der Waals surface area contributed by atoms with Crippen LogP contribution in [0.4, 0.5) is 11.4 Å². The van der Waals surface area contributed by atoms with E-state index < -0.39 is 0 Å². The Labute approximate surface area is 121 Å². The van der Waals surface area contributed by atoms with Crippen molar-refractivity contribution in [3.63, 3.8) is 0 Å². The zero-order chi connectivity index (χ0) is 14.8. The number of nitrogen functional groups attached to an aromatic ring is 1. The van der Waals surface area contributed by atoms with Gasteiger partial charge in [-0.15, -0.1) is 0 Å². The Morgan fingerprint density at radius 1 is 1.14 bits per heavy atom. The first-order valence-corrected chi connectivity index (χ1v) is 6.39. The van der Waals surface area contributed by atoms with Gasteiger partial charge in [0.2, 0.25) is 0 Å². The van der Waals surface area contributed by atoms with Crippen molar-refractivity contribution in [3.05, 3.63) is 60.3 Å². The van der Waals surface area contributed by atoms with Crippen molar-refractivity contribution in [1.82, 2.24) is 4.98 Å². The molecular formula is C16H13N3O2. The van der Waals surface area contributed by atoms with E-state index in [0.717, 1.165) is 10.9 Å². The van der Waals surface area contributed by atoms with Crippen LogP contribution in [0.2, 0.25) is 0 Å². The van der Waals surface area contributed by atoms with Gasteiger partial charge in [-0.2, -0.15) is 0 Å². The summed E-state index contributed by atoms with van der Waals surface area (Å²) in [7, 11) is 0. The molecule has 1 heterocycles. The van der Waals surface area contributed by atoms with Crippen LogP contribution in [-0.4, -0.2) is 16.0 Å². The maximum atomic E-state index is 12.2. The summed E-state index contributed by atoms with van der Waals surface area (Å²) in [6.07, 6.45) is 1.70. The summed E-state index contributed by atoms with van der Waals surface area (Å²) in [5.74, 6) is -0.427. The summed E-state index contributed by atoms with van der Waals surface area (Å²) in [5.41, 5.74) is 7.57. The summed E-state index contributed by atoms with van der Waals surface area (Å²) < 4.78 is 0. The number of phenolic OH excluding ortho intramolecular Hbond substituents is 1. The highest BCUT2D eigenvalue weighted by molar-refractivity contribution is 6.09. The van der Waals surface area contributed by atoms with Crippen LogP contribution < -0.4 is 11.1 Å². The number of phenols is 1. The first-order chi connectivity index (χ1) is 10.1. The van der Waals surface area contributed by atoms with Gasteiger partial charge in [-0.3, -0.25) is 9.78 Å². The molecule has 0 spiro atoms. The highest BCUT2D eigenvalue weighted by Gasteiger charge is 2.10. The first-order valence-electron chi connectivity index (χ1n) is 6.39. The molecule has 3 rings (SSSR count). The molecule has 0 radical (unpaired) electrons. The van der Waals surface area contributed by atoms with Crippen LogP contribution >= 0.6 is 0 Å². The van der Waals surface area contributed by atoms with Crippen molar-refractivity contribution in [3.8, 4) is 5.75 Å². The molecule has 1 amide bonds. The Morgan fingerprint density at radius 2 is 2.00 bits per heavy atom. The van der Waals surface area contributed by atoms with Crippen LogP contribution in [0.1, 0.15) is 10.4 Å². The lowest BCUT2D eigenvalue weighted by molar-refractivity contribution is 0.102. The van der Waals surface area contributed by atoms with Crippen molar-refractivity contribution >= 4 is 28.2 Å².